The van der Waals surface area contributed by atoms with Crippen LogP contribution in [0.1, 0.15) is 116 Å². The minimum absolute atomic E-state index is 1.00. The van der Waals surface area contributed by atoms with Crippen LogP contribution in [0.2, 0.25) is 0 Å². The van der Waals surface area contributed by atoms with Crippen LogP contribution in [0.4, 0.5) is 0 Å². The number of thioether (sulfide) groups is 6. The molecule has 6 heteroatoms. The first-order valence-electron chi connectivity index (χ1n) is 18.7. The van der Waals surface area contributed by atoms with Gasteiger partial charge in [0.1, 0.15) is 0 Å². The summed E-state index contributed by atoms with van der Waals surface area (Å²) in [6.45, 7) is 0. The standard InChI is InChI=1S/C36H54S6/c1-2-8-26-25(7-1)37-31-13-19-20(14-32(31)38-26)22-16-34-36(42-30-12-6-5-11-29(30)40-34)18-24(22)23-17-35-33(15-21(19)23)39-27-9-3-4-10-28(27)41-35/h19-36H,1-18H2. The second kappa shape index (κ2) is 11.9. The van der Waals surface area contributed by atoms with Crippen LogP contribution in [0, 0.1) is 35.5 Å². The molecule has 234 valence electrons. The summed E-state index contributed by atoms with van der Waals surface area (Å²) in [5.74, 6) is 6.51. The summed E-state index contributed by atoms with van der Waals surface area (Å²) >= 11 is 15.3. The normalized spacial score (nSPS) is 60.0. The maximum atomic E-state index is 2.55. The van der Waals surface area contributed by atoms with Crippen molar-refractivity contribution >= 4 is 70.6 Å². The smallest absolute Gasteiger partial charge is 0.0172 e. The number of hydrogen-bond donors (Lipinski definition) is 0. The Balaban J connectivity index is 0.954. The van der Waals surface area contributed by atoms with E-state index in [1.165, 1.54) is 77.0 Å². The molecule has 12 unspecified atom stereocenters. The highest BCUT2D eigenvalue weighted by Gasteiger charge is 2.61. The van der Waals surface area contributed by atoms with Crippen molar-refractivity contribution in [3.8, 4) is 0 Å². The molecule has 3 aliphatic heterocycles. The van der Waals surface area contributed by atoms with Crippen LogP contribution in [-0.2, 0) is 0 Å². The molecule has 3 heterocycles. The zero-order valence-corrected chi connectivity index (χ0v) is 30.5. The summed E-state index contributed by atoms with van der Waals surface area (Å²) in [6.07, 6.45) is 28.1. The van der Waals surface area contributed by atoms with E-state index in [4.69, 9.17) is 0 Å². The Kier molecular flexibility index (Phi) is 8.24. The van der Waals surface area contributed by atoms with E-state index in [1.807, 2.05) is 0 Å². The molecule has 10 aliphatic rings. The molecule has 0 bridgehead atoms. The van der Waals surface area contributed by atoms with Crippen molar-refractivity contribution in [2.75, 3.05) is 0 Å². The first-order valence-corrected chi connectivity index (χ1v) is 24.3. The van der Waals surface area contributed by atoms with Gasteiger partial charge in [-0.15, -0.1) is 0 Å². The Labute approximate surface area is 282 Å². The molecule has 0 N–H and O–H groups in total. The van der Waals surface area contributed by atoms with Gasteiger partial charge in [-0.1, -0.05) is 38.5 Å². The molecule has 7 aliphatic carbocycles. The Morgan fingerprint density at radius 3 is 0.548 bits per heavy atom. The Hall–Kier alpha value is 2.10. The van der Waals surface area contributed by atoms with Crippen molar-refractivity contribution in [1.82, 2.24) is 0 Å². The molecule has 0 aromatic rings. The Bertz CT molecular complexity index is 792. The molecule has 7 saturated carbocycles. The zero-order valence-electron chi connectivity index (χ0n) is 25.6. The largest absolute Gasteiger partial charge is 0.153 e. The van der Waals surface area contributed by atoms with Gasteiger partial charge in [0, 0.05) is 63.0 Å². The monoisotopic (exact) mass is 678 g/mol. The lowest BCUT2D eigenvalue weighted by atomic mass is 9.48. The molecular weight excluding hydrogens is 625 g/mol. The fraction of sp³-hybridized carbons (Fsp3) is 1.00. The van der Waals surface area contributed by atoms with E-state index in [9.17, 15) is 0 Å². The lowest BCUT2D eigenvalue weighted by molar-refractivity contribution is -0.0720. The van der Waals surface area contributed by atoms with Gasteiger partial charge in [0.05, 0.1) is 0 Å². The van der Waals surface area contributed by atoms with Crippen molar-refractivity contribution in [2.45, 2.75) is 179 Å². The predicted octanol–water partition coefficient (Wildman–Crippen LogP) is 10.7. The molecule has 0 aromatic carbocycles. The minimum Gasteiger partial charge on any atom is -0.153 e. The van der Waals surface area contributed by atoms with Gasteiger partial charge in [0.15, 0.2) is 0 Å². The molecule has 0 radical (unpaired) electrons. The van der Waals surface area contributed by atoms with Crippen LogP contribution in [0.25, 0.3) is 0 Å². The van der Waals surface area contributed by atoms with Gasteiger partial charge >= 0.3 is 0 Å². The minimum atomic E-state index is 1.00. The van der Waals surface area contributed by atoms with Crippen molar-refractivity contribution in [2.24, 2.45) is 35.5 Å². The van der Waals surface area contributed by atoms with Crippen LogP contribution < -0.4 is 0 Å². The second-order valence-electron chi connectivity index (χ2n) is 16.5. The van der Waals surface area contributed by atoms with Crippen molar-refractivity contribution < 1.29 is 0 Å². The fourth-order valence-electron chi connectivity index (χ4n) is 12.9. The molecule has 10 rings (SSSR count). The molecular formula is C36H54S6. The molecule has 0 spiro atoms. The molecule has 3 saturated heterocycles. The van der Waals surface area contributed by atoms with Crippen molar-refractivity contribution in [1.29, 1.82) is 0 Å². The van der Waals surface area contributed by atoms with Crippen molar-refractivity contribution in [3.63, 3.8) is 0 Å². The van der Waals surface area contributed by atoms with Gasteiger partial charge in [0.25, 0.3) is 0 Å². The quantitative estimate of drug-likeness (QED) is 0.248. The summed E-state index contributed by atoms with van der Waals surface area (Å²) in [6, 6.07) is 0. The average Bonchev–Trinajstić information content (AvgIpc) is 3.03. The first-order chi connectivity index (χ1) is 20.7. The molecule has 10 fully saturated rings. The van der Waals surface area contributed by atoms with Gasteiger partial charge < -0.3 is 0 Å². The fourth-order valence-corrected chi connectivity index (χ4v) is 25.3. The maximum Gasteiger partial charge on any atom is 0.0172 e. The summed E-state index contributed by atoms with van der Waals surface area (Å²) in [5, 5.41) is 12.0. The highest BCUT2D eigenvalue weighted by Crippen LogP contribution is 2.68. The van der Waals surface area contributed by atoms with Gasteiger partial charge in [-0.25, -0.2) is 0 Å². The third-order valence-corrected chi connectivity index (χ3v) is 26.3. The topological polar surface area (TPSA) is 0 Å². The Morgan fingerprint density at radius 2 is 0.381 bits per heavy atom. The van der Waals surface area contributed by atoms with Crippen LogP contribution >= 0.6 is 70.6 Å². The molecule has 42 heavy (non-hydrogen) atoms. The second-order valence-corrected chi connectivity index (χ2v) is 25.4. The summed E-state index contributed by atoms with van der Waals surface area (Å²) in [4.78, 5) is 0. The number of rotatable bonds is 0. The highest BCUT2D eigenvalue weighted by atomic mass is 32.2. The van der Waals surface area contributed by atoms with Gasteiger partial charge in [-0.05, 0) is 113 Å². The van der Waals surface area contributed by atoms with Gasteiger partial charge in [-0.2, -0.15) is 70.6 Å². The average molecular weight is 679 g/mol. The van der Waals surface area contributed by atoms with Crippen LogP contribution in [0.15, 0.2) is 0 Å². The SMILES string of the molecule is C1CCC2SC3CC4C(CC3SC2C1)C1CC2SC3CCCCC3SC2CC1C1CC2SC3CCCCC3SC2CC41. The zero-order chi connectivity index (χ0) is 27.4. The van der Waals surface area contributed by atoms with Gasteiger partial charge in [0.2, 0.25) is 0 Å². The molecule has 0 nitrogen and oxygen atoms in total. The summed E-state index contributed by atoms with van der Waals surface area (Å²) in [7, 11) is 0. The van der Waals surface area contributed by atoms with E-state index < -0.39 is 0 Å². The maximum absolute atomic E-state index is 2.55. The molecule has 12 atom stereocenters. The number of hydrogen-bond acceptors (Lipinski definition) is 6. The van der Waals surface area contributed by atoms with E-state index in [0.717, 1.165) is 98.5 Å². The van der Waals surface area contributed by atoms with Crippen molar-refractivity contribution in [3.05, 3.63) is 0 Å². The molecule has 0 amide bonds. The van der Waals surface area contributed by atoms with E-state index in [1.54, 1.807) is 38.5 Å². The highest BCUT2D eigenvalue weighted by molar-refractivity contribution is 8.08. The van der Waals surface area contributed by atoms with Gasteiger partial charge in [-0.3, -0.25) is 0 Å². The summed E-state index contributed by atoms with van der Waals surface area (Å²) in [5.41, 5.74) is 0. The predicted molar refractivity (Wildman–Crippen MR) is 195 cm³/mol. The third kappa shape index (κ3) is 5.01. The Morgan fingerprint density at radius 1 is 0.214 bits per heavy atom. The summed E-state index contributed by atoms with van der Waals surface area (Å²) < 4.78 is 0. The number of fused-ring (bicyclic) bond motifs is 12. The van der Waals surface area contributed by atoms with E-state index in [2.05, 4.69) is 70.6 Å². The van der Waals surface area contributed by atoms with Crippen LogP contribution in [0.5, 0.6) is 0 Å². The van der Waals surface area contributed by atoms with Crippen LogP contribution in [-0.4, -0.2) is 63.0 Å². The van der Waals surface area contributed by atoms with E-state index in [0.29, 0.717) is 0 Å². The molecule has 0 aromatic heterocycles. The lowest BCUT2D eigenvalue weighted by Gasteiger charge is -2.64. The third-order valence-electron chi connectivity index (χ3n) is 14.6. The van der Waals surface area contributed by atoms with Crippen LogP contribution in [0.3, 0.4) is 0 Å². The van der Waals surface area contributed by atoms with E-state index in [-0.39, 0.29) is 0 Å². The first kappa shape index (κ1) is 29.1. The van der Waals surface area contributed by atoms with E-state index >= 15 is 0 Å². The lowest BCUT2D eigenvalue weighted by Crippen LogP contribution is -2.60.